The van der Waals surface area contributed by atoms with E-state index in [4.69, 9.17) is 21.1 Å². The second-order valence-electron chi connectivity index (χ2n) is 6.60. The van der Waals surface area contributed by atoms with Gasteiger partial charge in [-0.25, -0.2) is 4.98 Å². The number of nitrogens with one attached hydrogen (secondary N) is 1. The Kier molecular flexibility index (Phi) is 5.43. The molecular formula is C21H22ClN3O2. The zero-order valence-corrected chi connectivity index (χ0v) is 15.9. The number of hydrogen-bond acceptors (Lipinski definition) is 4. The van der Waals surface area contributed by atoms with Crippen molar-refractivity contribution < 1.29 is 9.47 Å². The lowest BCUT2D eigenvalue weighted by molar-refractivity contribution is -0.0156. The zero-order chi connectivity index (χ0) is 18.6. The smallest absolute Gasteiger partial charge is 0.126 e. The maximum absolute atomic E-state index is 6.00. The first-order valence-corrected chi connectivity index (χ1v) is 9.36. The van der Waals surface area contributed by atoms with E-state index < -0.39 is 0 Å². The van der Waals surface area contributed by atoms with Gasteiger partial charge in [0.15, 0.2) is 0 Å². The van der Waals surface area contributed by atoms with Gasteiger partial charge in [-0.05, 0) is 29.8 Å². The van der Waals surface area contributed by atoms with Gasteiger partial charge in [-0.3, -0.25) is 4.90 Å². The van der Waals surface area contributed by atoms with Crippen molar-refractivity contribution in [2.75, 3.05) is 26.9 Å². The van der Waals surface area contributed by atoms with Crippen LogP contribution in [-0.2, 0) is 11.3 Å². The summed E-state index contributed by atoms with van der Waals surface area (Å²) in [7, 11) is 1.67. The minimum Gasteiger partial charge on any atom is -0.497 e. The molecule has 0 amide bonds. The number of imidazole rings is 1. The van der Waals surface area contributed by atoms with Gasteiger partial charge in [0.1, 0.15) is 11.6 Å². The first kappa shape index (κ1) is 18.0. The number of morpholine rings is 1. The summed E-state index contributed by atoms with van der Waals surface area (Å²) in [5, 5.41) is 0.756. The number of ether oxygens (including phenoxy) is 2. The zero-order valence-electron chi connectivity index (χ0n) is 15.2. The molecule has 0 aliphatic carbocycles. The Morgan fingerprint density at radius 3 is 2.93 bits per heavy atom. The third kappa shape index (κ3) is 4.16. The van der Waals surface area contributed by atoms with Crippen molar-refractivity contribution in [2.45, 2.75) is 12.6 Å². The molecule has 4 rings (SSSR count). The largest absolute Gasteiger partial charge is 0.497 e. The van der Waals surface area contributed by atoms with Crippen LogP contribution in [0.4, 0.5) is 0 Å². The fraction of sp³-hybridized carbons (Fsp3) is 0.286. The highest BCUT2D eigenvalue weighted by Crippen LogP contribution is 2.28. The first-order valence-electron chi connectivity index (χ1n) is 8.98. The molecule has 2 heterocycles. The third-order valence-electron chi connectivity index (χ3n) is 4.83. The Morgan fingerprint density at radius 2 is 2.11 bits per heavy atom. The summed E-state index contributed by atoms with van der Waals surface area (Å²) in [6, 6.07) is 16.0. The lowest BCUT2D eigenvalue weighted by Crippen LogP contribution is -2.39. The number of nitrogens with zero attached hydrogens (tertiary/aromatic N) is 2. The summed E-state index contributed by atoms with van der Waals surface area (Å²) in [6.07, 6.45) is 1.87. The average molecular weight is 384 g/mol. The van der Waals surface area contributed by atoms with E-state index in [1.807, 2.05) is 42.6 Å². The van der Waals surface area contributed by atoms with E-state index in [-0.39, 0.29) is 6.04 Å². The molecule has 5 nitrogen and oxygen atoms in total. The molecular weight excluding hydrogens is 362 g/mol. The fourth-order valence-corrected chi connectivity index (χ4v) is 3.47. The molecule has 0 radical (unpaired) electrons. The quantitative estimate of drug-likeness (QED) is 0.713. The second-order valence-corrected chi connectivity index (χ2v) is 7.04. The summed E-state index contributed by atoms with van der Waals surface area (Å²) in [5.74, 6) is 1.75. The van der Waals surface area contributed by atoms with Crippen molar-refractivity contribution in [2.24, 2.45) is 0 Å². The minimum atomic E-state index is 0.0915. The van der Waals surface area contributed by atoms with Gasteiger partial charge in [-0.1, -0.05) is 35.9 Å². The van der Waals surface area contributed by atoms with E-state index in [2.05, 4.69) is 27.0 Å². The van der Waals surface area contributed by atoms with Crippen molar-refractivity contribution in [3.63, 3.8) is 0 Å². The maximum Gasteiger partial charge on any atom is 0.126 e. The van der Waals surface area contributed by atoms with Crippen molar-refractivity contribution in [3.05, 3.63) is 71.1 Å². The fourth-order valence-electron chi connectivity index (χ4n) is 3.35. The monoisotopic (exact) mass is 383 g/mol. The molecule has 1 N–H and O–H groups in total. The van der Waals surface area contributed by atoms with E-state index in [9.17, 15) is 0 Å². The van der Waals surface area contributed by atoms with Crippen LogP contribution in [0, 0.1) is 0 Å². The molecule has 1 saturated heterocycles. The standard InChI is InChI=1S/C21H22ClN3O2/c1-26-18-4-2-3-16(11-18)19-12-23-21(24-19)20-14-27-10-9-25(20)13-15-5-7-17(22)8-6-15/h2-8,11-12,20H,9-10,13-14H2,1H3,(H,23,24)/t20-/m0/s1. The van der Waals surface area contributed by atoms with Gasteiger partial charge in [0.05, 0.1) is 38.3 Å². The van der Waals surface area contributed by atoms with Gasteiger partial charge in [0.25, 0.3) is 0 Å². The molecule has 0 spiro atoms. The topological polar surface area (TPSA) is 50.4 Å². The second kappa shape index (κ2) is 8.13. The van der Waals surface area contributed by atoms with E-state index >= 15 is 0 Å². The van der Waals surface area contributed by atoms with Crippen molar-refractivity contribution in [1.29, 1.82) is 0 Å². The summed E-state index contributed by atoms with van der Waals surface area (Å²) >= 11 is 6.00. The van der Waals surface area contributed by atoms with E-state index in [0.29, 0.717) is 6.61 Å². The predicted molar refractivity (Wildman–Crippen MR) is 106 cm³/mol. The van der Waals surface area contributed by atoms with Crippen LogP contribution in [0.2, 0.25) is 5.02 Å². The Bertz CT molecular complexity index is 894. The predicted octanol–water partition coefficient (Wildman–Crippen LogP) is 4.31. The number of hydrogen-bond donors (Lipinski definition) is 1. The van der Waals surface area contributed by atoms with Crippen LogP contribution in [0.1, 0.15) is 17.4 Å². The number of aromatic amines is 1. The molecule has 1 aliphatic rings. The van der Waals surface area contributed by atoms with Gasteiger partial charge in [0.2, 0.25) is 0 Å². The van der Waals surface area contributed by atoms with E-state index in [1.54, 1.807) is 7.11 Å². The van der Waals surface area contributed by atoms with Crippen LogP contribution < -0.4 is 4.74 Å². The molecule has 140 valence electrons. The van der Waals surface area contributed by atoms with Gasteiger partial charge in [-0.2, -0.15) is 0 Å². The molecule has 1 aromatic heterocycles. The van der Waals surface area contributed by atoms with Crippen LogP contribution in [0.5, 0.6) is 5.75 Å². The Morgan fingerprint density at radius 1 is 1.26 bits per heavy atom. The molecule has 1 atom stereocenters. The minimum absolute atomic E-state index is 0.0915. The molecule has 27 heavy (non-hydrogen) atoms. The molecule has 0 saturated carbocycles. The normalized spacial score (nSPS) is 17.8. The number of aromatic nitrogens is 2. The lowest BCUT2D eigenvalue weighted by atomic mass is 10.1. The molecule has 3 aromatic rings. The number of H-pyrrole nitrogens is 1. The molecule has 0 bridgehead atoms. The SMILES string of the molecule is COc1cccc(-c2cnc([C@@H]3COCCN3Cc3ccc(Cl)cc3)[nH]2)c1. The lowest BCUT2D eigenvalue weighted by Gasteiger charge is -2.34. The first-order chi connectivity index (χ1) is 13.2. The van der Waals surface area contributed by atoms with E-state index in [1.165, 1.54) is 5.56 Å². The Balaban J connectivity index is 1.55. The summed E-state index contributed by atoms with van der Waals surface area (Å²) in [4.78, 5) is 10.5. The number of rotatable bonds is 5. The van der Waals surface area contributed by atoms with Gasteiger partial charge in [-0.15, -0.1) is 0 Å². The number of methoxy groups -OCH3 is 1. The molecule has 2 aromatic carbocycles. The third-order valence-corrected chi connectivity index (χ3v) is 5.08. The summed E-state index contributed by atoms with van der Waals surface area (Å²) < 4.78 is 11.1. The van der Waals surface area contributed by atoms with E-state index in [0.717, 1.165) is 47.6 Å². The van der Waals surface area contributed by atoms with Crippen LogP contribution in [0.15, 0.2) is 54.7 Å². The number of halogens is 1. The van der Waals surface area contributed by atoms with Gasteiger partial charge in [0, 0.05) is 23.7 Å². The van der Waals surface area contributed by atoms with Crippen molar-refractivity contribution >= 4 is 11.6 Å². The molecule has 1 aliphatic heterocycles. The van der Waals surface area contributed by atoms with Gasteiger partial charge < -0.3 is 14.5 Å². The Labute approximate surface area is 163 Å². The number of benzene rings is 2. The highest BCUT2D eigenvalue weighted by molar-refractivity contribution is 6.30. The summed E-state index contributed by atoms with van der Waals surface area (Å²) in [6.45, 7) is 3.05. The van der Waals surface area contributed by atoms with Gasteiger partial charge >= 0.3 is 0 Å². The molecule has 6 heteroatoms. The van der Waals surface area contributed by atoms with Crippen LogP contribution in [-0.4, -0.2) is 41.7 Å². The Hall–Kier alpha value is -2.34. The van der Waals surface area contributed by atoms with Crippen LogP contribution in [0.3, 0.4) is 0 Å². The highest BCUT2D eigenvalue weighted by Gasteiger charge is 2.27. The molecule has 0 unspecified atom stereocenters. The van der Waals surface area contributed by atoms with Crippen LogP contribution >= 0.6 is 11.6 Å². The van der Waals surface area contributed by atoms with Crippen molar-refractivity contribution in [3.8, 4) is 17.0 Å². The molecule has 1 fully saturated rings. The average Bonchev–Trinajstić information content (AvgIpc) is 3.20. The highest BCUT2D eigenvalue weighted by atomic mass is 35.5. The summed E-state index contributed by atoms with van der Waals surface area (Å²) in [5.41, 5.74) is 3.25. The van der Waals surface area contributed by atoms with Crippen molar-refractivity contribution in [1.82, 2.24) is 14.9 Å². The maximum atomic E-state index is 6.00. The van der Waals surface area contributed by atoms with Crippen LogP contribution in [0.25, 0.3) is 11.3 Å².